The summed E-state index contributed by atoms with van der Waals surface area (Å²) in [7, 11) is 1.66. The molecule has 0 saturated carbocycles. The first-order chi connectivity index (χ1) is 12.6. The van der Waals surface area contributed by atoms with E-state index in [9.17, 15) is 4.79 Å². The highest BCUT2D eigenvalue weighted by Gasteiger charge is 2.31. The lowest BCUT2D eigenvalue weighted by molar-refractivity contribution is 0.215. The molecule has 2 aliphatic rings. The normalized spacial score (nSPS) is 22.5. The molecule has 2 amide bonds. The van der Waals surface area contributed by atoms with Crippen molar-refractivity contribution in [3.05, 3.63) is 53.6 Å². The van der Waals surface area contributed by atoms with Crippen LogP contribution in [0.3, 0.4) is 0 Å². The molecule has 0 aromatic heterocycles. The van der Waals surface area contributed by atoms with Crippen LogP contribution in [0.5, 0.6) is 5.75 Å². The standard InChI is InChI=1S/C21H29N3O2/c1-4-23(5-2)18-10-8-17(9-11-18)20-15-24(21(25)22-20)14-16-6-12-19(26-3)13-7-16/h6-10,12-13,18,20H,4-5,11,14-15H2,1-3H3,(H,22,25)/t18?,20-/m1/s1. The van der Waals surface area contributed by atoms with Crippen LogP contribution in [-0.4, -0.2) is 54.7 Å². The Morgan fingerprint density at radius 2 is 1.96 bits per heavy atom. The van der Waals surface area contributed by atoms with Crippen molar-refractivity contribution in [1.82, 2.24) is 15.1 Å². The summed E-state index contributed by atoms with van der Waals surface area (Å²) in [6.45, 7) is 7.84. The minimum absolute atomic E-state index is 0.00554. The molecule has 1 aliphatic heterocycles. The number of hydrogen-bond acceptors (Lipinski definition) is 3. The topological polar surface area (TPSA) is 44.8 Å². The number of carbonyl (C=O) groups is 1. The van der Waals surface area contributed by atoms with Gasteiger partial charge < -0.3 is 15.0 Å². The number of rotatable bonds is 7. The molecule has 0 radical (unpaired) electrons. The number of hydrogen-bond donors (Lipinski definition) is 1. The van der Waals surface area contributed by atoms with E-state index in [1.54, 1.807) is 7.11 Å². The minimum Gasteiger partial charge on any atom is -0.497 e. The van der Waals surface area contributed by atoms with Gasteiger partial charge in [-0.15, -0.1) is 0 Å². The third kappa shape index (κ3) is 4.10. The highest BCUT2D eigenvalue weighted by Crippen LogP contribution is 2.22. The van der Waals surface area contributed by atoms with Gasteiger partial charge in [0.15, 0.2) is 0 Å². The van der Waals surface area contributed by atoms with Gasteiger partial charge in [0.1, 0.15) is 5.75 Å². The molecule has 5 nitrogen and oxygen atoms in total. The average molecular weight is 355 g/mol. The van der Waals surface area contributed by atoms with E-state index in [4.69, 9.17) is 4.74 Å². The van der Waals surface area contributed by atoms with Gasteiger partial charge in [-0.25, -0.2) is 4.79 Å². The highest BCUT2D eigenvalue weighted by atomic mass is 16.5. The first kappa shape index (κ1) is 18.5. The SMILES string of the molecule is CCN(CC)C1C=CC([C@H]2CN(Cc3ccc(OC)cc3)C(=O)N2)=CC1. The second-order valence-corrected chi connectivity index (χ2v) is 6.82. The summed E-state index contributed by atoms with van der Waals surface area (Å²) < 4.78 is 5.19. The lowest BCUT2D eigenvalue weighted by atomic mass is 9.97. The fourth-order valence-electron chi connectivity index (χ4n) is 3.71. The van der Waals surface area contributed by atoms with E-state index in [-0.39, 0.29) is 12.1 Å². The number of carbonyl (C=O) groups excluding carboxylic acids is 1. The monoisotopic (exact) mass is 355 g/mol. The fourth-order valence-corrected chi connectivity index (χ4v) is 3.71. The quantitative estimate of drug-likeness (QED) is 0.817. The van der Waals surface area contributed by atoms with Crippen molar-refractivity contribution >= 4 is 6.03 Å². The van der Waals surface area contributed by atoms with Gasteiger partial charge in [0, 0.05) is 19.1 Å². The average Bonchev–Trinajstić information content (AvgIpc) is 3.04. The summed E-state index contributed by atoms with van der Waals surface area (Å²) in [4.78, 5) is 16.7. The number of nitrogens with zero attached hydrogens (tertiary/aromatic N) is 2. The van der Waals surface area contributed by atoms with Gasteiger partial charge in [0.25, 0.3) is 0 Å². The predicted molar refractivity (Wildman–Crippen MR) is 104 cm³/mol. The second kappa shape index (κ2) is 8.41. The van der Waals surface area contributed by atoms with Crippen LogP contribution in [0.15, 0.2) is 48.1 Å². The van der Waals surface area contributed by atoms with Crippen LogP contribution in [0.1, 0.15) is 25.8 Å². The Balaban J connectivity index is 1.58. The maximum Gasteiger partial charge on any atom is 0.318 e. The Morgan fingerprint density at radius 1 is 1.23 bits per heavy atom. The Morgan fingerprint density at radius 3 is 2.54 bits per heavy atom. The van der Waals surface area contributed by atoms with Crippen LogP contribution in [0.4, 0.5) is 4.79 Å². The van der Waals surface area contributed by atoms with Gasteiger partial charge in [-0.3, -0.25) is 4.90 Å². The van der Waals surface area contributed by atoms with Crippen LogP contribution in [-0.2, 0) is 6.54 Å². The van der Waals surface area contributed by atoms with Crippen molar-refractivity contribution in [2.75, 3.05) is 26.7 Å². The Kier molecular flexibility index (Phi) is 5.99. The maximum absolute atomic E-state index is 12.4. The van der Waals surface area contributed by atoms with Crippen LogP contribution >= 0.6 is 0 Å². The molecule has 1 unspecified atom stereocenters. The van der Waals surface area contributed by atoms with Gasteiger partial charge in [-0.1, -0.05) is 44.2 Å². The zero-order valence-electron chi connectivity index (χ0n) is 15.9. The van der Waals surface area contributed by atoms with Crippen molar-refractivity contribution in [3.8, 4) is 5.75 Å². The summed E-state index contributed by atoms with van der Waals surface area (Å²) in [5.41, 5.74) is 2.33. The molecule has 3 rings (SSSR count). The third-order valence-electron chi connectivity index (χ3n) is 5.31. The van der Waals surface area contributed by atoms with Crippen molar-refractivity contribution < 1.29 is 9.53 Å². The molecular formula is C21H29N3O2. The van der Waals surface area contributed by atoms with Gasteiger partial charge in [-0.05, 0) is 42.8 Å². The first-order valence-electron chi connectivity index (χ1n) is 9.45. The molecule has 26 heavy (non-hydrogen) atoms. The van der Waals surface area contributed by atoms with Crippen molar-refractivity contribution in [3.63, 3.8) is 0 Å². The van der Waals surface area contributed by atoms with E-state index in [2.05, 4.69) is 42.3 Å². The molecular weight excluding hydrogens is 326 g/mol. The number of nitrogens with one attached hydrogen (secondary N) is 1. The lowest BCUT2D eigenvalue weighted by Gasteiger charge is -2.29. The smallest absolute Gasteiger partial charge is 0.318 e. The molecule has 1 aliphatic carbocycles. The van der Waals surface area contributed by atoms with Gasteiger partial charge in [0.05, 0.1) is 13.2 Å². The van der Waals surface area contributed by atoms with E-state index in [1.807, 2.05) is 29.2 Å². The second-order valence-electron chi connectivity index (χ2n) is 6.82. The molecule has 1 aromatic rings. The molecule has 0 bridgehead atoms. The summed E-state index contributed by atoms with van der Waals surface area (Å²) in [5, 5.41) is 3.12. The molecule has 140 valence electrons. The zero-order chi connectivity index (χ0) is 18.5. The van der Waals surface area contributed by atoms with Crippen LogP contribution in [0, 0.1) is 0 Å². The van der Waals surface area contributed by atoms with Crippen LogP contribution < -0.4 is 10.1 Å². The fraction of sp³-hybridized carbons (Fsp3) is 0.476. The summed E-state index contributed by atoms with van der Waals surface area (Å²) >= 11 is 0. The Labute approximate surface area is 156 Å². The Bertz CT molecular complexity index is 677. The van der Waals surface area contributed by atoms with E-state index in [0.717, 1.165) is 30.8 Å². The molecule has 1 saturated heterocycles. The van der Waals surface area contributed by atoms with Gasteiger partial charge in [0.2, 0.25) is 0 Å². The number of urea groups is 1. The number of likely N-dealkylation sites (N-methyl/N-ethyl adjacent to an activating group) is 1. The van der Waals surface area contributed by atoms with Crippen LogP contribution in [0.25, 0.3) is 0 Å². The molecule has 1 fully saturated rings. The van der Waals surface area contributed by atoms with E-state index in [0.29, 0.717) is 19.1 Å². The van der Waals surface area contributed by atoms with E-state index in [1.165, 1.54) is 5.57 Å². The molecule has 0 spiro atoms. The van der Waals surface area contributed by atoms with Crippen LogP contribution in [0.2, 0.25) is 0 Å². The molecule has 1 heterocycles. The van der Waals surface area contributed by atoms with Crippen molar-refractivity contribution in [1.29, 1.82) is 0 Å². The lowest BCUT2D eigenvalue weighted by Crippen LogP contribution is -2.35. The van der Waals surface area contributed by atoms with Gasteiger partial charge >= 0.3 is 6.03 Å². The predicted octanol–water partition coefficient (Wildman–Crippen LogP) is 3.19. The maximum atomic E-state index is 12.4. The summed E-state index contributed by atoms with van der Waals surface area (Å²) in [6, 6.07) is 8.44. The van der Waals surface area contributed by atoms with Gasteiger partial charge in [-0.2, -0.15) is 0 Å². The minimum atomic E-state index is 0.00554. The molecule has 2 atom stereocenters. The molecule has 1 N–H and O–H groups in total. The number of ether oxygens (including phenoxy) is 1. The van der Waals surface area contributed by atoms with Crippen molar-refractivity contribution in [2.45, 2.75) is 38.9 Å². The van der Waals surface area contributed by atoms with E-state index < -0.39 is 0 Å². The highest BCUT2D eigenvalue weighted by molar-refractivity contribution is 5.78. The zero-order valence-corrected chi connectivity index (χ0v) is 15.9. The molecule has 5 heteroatoms. The van der Waals surface area contributed by atoms with Crippen molar-refractivity contribution in [2.24, 2.45) is 0 Å². The first-order valence-corrected chi connectivity index (χ1v) is 9.45. The number of benzene rings is 1. The number of amides is 2. The van der Waals surface area contributed by atoms with E-state index >= 15 is 0 Å². The summed E-state index contributed by atoms with van der Waals surface area (Å²) in [5.74, 6) is 0.831. The largest absolute Gasteiger partial charge is 0.497 e. The Hall–Kier alpha value is -2.27. The third-order valence-corrected chi connectivity index (χ3v) is 5.31. The number of methoxy groups -OCH3 is 1. The molecule has 1 aromatic carbocycles. The summed E-state index contributed by atoms with van der Waals surface area (Å²) in [6.07, 6.45) is 7.76.